The summed E-state index contributed by atoms with van der Waals surface area (Å²) in [6.45, 7) is 8.43. The van der Waals surface area contributed by atoms with Crippen molar-refractivity contribution in [2.75, 3.05) is 36.0 Å². The zero-order valence-corrected chi connectivity index (χ0v) is 13.9. The number of nitrogens with zero attached hydrogens (tertiary/aromatic N) is 5. The number of rotatable bonds is 3. The lowest BCUT2D eigenvalue weighted by Crippen LogP contribution is -2.46. The van der Waals surface area contributed by atoms with Crippen LogP contribution in [0.25, 0.3) is 0 Å². The van der Waals surface area contributed by atoms with Crippen LogP contribution in [0.5, 0.6) is 0 Å². The van der Waals surface area contributed by atoms with Crippen LogP contribution >= 0.6 is 0 Å². The Morgan fingerprint density at radius 3 is 2.52 bits per heavy atom. The number of aromatic nitrogens is 3. The Kier molecular flexibility index (Phi) is 3.63. The van der Waals surface area contributed by atoms with Gasteiger partial charge >= 0.3 is 0 Å². The molecule has 23 heavy (non-hydrogen) atoms. The van der Waals surface area contributed by atoms with Crippen molar-refractivity contribution in [3.63, 3.8) is 0 Å². The lowest BCUT2D eigenvalue weighted by Gasteiger charge is -2.41. The summed E-state index contributed by atoms with van der Waals surface area (Å²) < 4.78 is 0. The fourth-order valence-electron chi connectivity index (χ4n) is 3.45. The van der Waals surface area contributed by atoms with Crippen LogP contribution in [0.15, 0.2) is 24.5 Å². The van der Waals surface area contributed by atoms with E-state index in [0.29, 0.717) is 5.92 Å². The highest BCUT2D eigenvalue weighted by atomic mass is 15.3. The number of aryl methyl sites for hydroxylation is 1. The molecule has 4 rings (SSSR count). The molecule has 0 bridgehead atoms. The van der Waals surface area contributed by atoms with Crippen LogP contribution in [-0.2, 0) is 0 Å². The van der Waals surface area contributed by atoms with E-state index >= 15 is 0 Å². The summed E-state index contributed by atoms with van der Waals surface area (Å²) >= 11 is 0. The summed E-state index contributed by atoms with van der Waals surface area (Å²) in [7, 11) is 0. The molecule has 0 unspecified atom stereocenters. The summed E-state index contributed by atoms with van der Waals surface area (Å²) in [5.74, 6) is 2.58. The average molecular weight is 309 g/mol. The first-order chi connectivity index (χ1) is 11.2. The molecule has 0 aliphatic carbocycles. The Balaban J connectivity index is 1.55. The molecule has 2 saturated heterocycles. The van der Waals surface area contributed by atoms with E-state index in [2.05, 4.69) is 34.7 Å². The van der Waals surface area contributed by atoms with Crippen LogP contribution in [0.1, 0.15) is 35.6 Å². The van der Waals surface area contributed by atoms with Gasteiger partial charge in [-0.3, -0.25) is 4.98 Å². The molecule has 0 saturated carbocycles. The van der Waals surface area contributed by atoms with Crippen molar-refractivity contribution in [2.24, 2.45) is 0 Å². The van der Waals surface area contributed by atoms with E-state index in [0.717, 1.165) is 43.6 Å². The SMILES string of the molecule is Cc1nc(N2CCCC2)nc(N2CC(c3cccnc3)C2)c1C. The van der Waals surface area contributed by atoms with E-state index in [1.54, 1.807) is 0 Å². The molecule has 4 heterocycles. The van der Waals surface area contributed by atoms with Crippen molar-refractivity contribution in [1.82, 2.24) is 15.0 Å². The predicted octanol–water partition coefficient (Wildman–Crippen LogP) is 2.69. The van der Waals surface area contributed by atoms with Crippen molar-refractivity contribution in [2.45, 2.75) is 32.6 Å². The zero-order chi connectivity index (χ0) is 15.8. The zero-order valence-electron chi connectivity index (χ0n) is 13.9. The lowest BCUT2D eigenvalue weighted by molar-refractivity contribution is 0.516. The van der Waals surface area contributed by atoms with Gasteiger partial charge in [0.15, 0.2) is 0 Å². The third kappa shape index (κ3) is 2.64. The van der Waals surface area contributed by atoms with Crippen molar-refractivity contribution in [1.29, 1.82) is 0 Å². The Morgan fingerprint density at radius 2 is 1.83 bits per heavy atom. The Hall–Kier alpha value is -2.17. The van der Waals surface area contributed by atoms with Crippen LogP contribution in [0.2, 0.25) is 0 Å². The molecule has 0 radical (unpaired) electrons. The molecule has 0 N–H and O–H groups in total. The van der Waals surface area contributed by atoms with Crippen LogP contribution in [-0.4, -0.2) is 41.1 Å². The molecule has 0 atom stereocenters. The van der Waals surface area contributed by atoms with Gasteiger partial charge < -0.3 is 9.80 Å². The highest BCUT2D eigenvalue weighted by Gasteiger charge is 2.31. The van der Waals surface area contributed by atoms with Gasteiger partial charge in [0.1, 0.15) is 5.82 Å². The molecule has 0 aromatic carbocycles. The van der Waals surface area contributed by atoms with Crippen molar-refractivity contribution in [3.05, 3.63) is 41.3 Å². The van der Waals surface area contributed by atoms with Gasteiger partial charge in [-0.1, -0.05) is 6.07 Å². The highest BCUT2D eigenvalue weighted by Crippen LogP contribution is 2.33. The summed E-state index contributed by atoms with van der Waals surface area (Å²) in [4.78, 5) is 18.5. The minimum absolute atomic E-state index is 0.564. The van der Waals surface area contributed by atoms with Gasteiger partial charge in [0, 0.05) is 55.7 Å². The van der Waals surface area contributed by atoms with Crippen molar-refractivity contribution in [3.8, 4) is 0 Å². The molecule has 2 aromatic rings. The minimum Gasteiger partial charge on any atom is -0.355 e. The van der Waals surface area contributed by atoms with E-state index in [9.17, 15) is 0 Å². The van der Waals surface area contributed by atoms with Crippen LogP contribution in [0.4, 0.5) is 11.8 Å². The molecule has 120 valence electrons. The number of hydrogen-bond donors (Lipinski definition) is 0. The molecule has 2 fully saturated rings. The highest BCUT2D eigenvalue weighted by molar-refractivity contribution is 5.55. The first kappa shape index (κ1) is 14.4. The van der Waals surface area contributed by atoms with E-state index in [1.807, 2.05) is 18.5 Å². The fourth-order valence-corrected chi connectivity index (χ4v) is 3.45. The first-order valence-electron chi connectivity index (χ1n) is 8.47. The predicted molar refractivity (Wildman–Crippen MR) is 92.1 cm³/mol. The summed E-state index contributed by atoms with van der Waals surface area (Å²) in [6, 6.07) is 4.19. The molecule has 2 aliphatic rings. The van der Waals surface area contributed by atoms with E-state index in [-0.39, 0.29) is 0 Å². The number of hydrogen-bond acceptors (Lipinski definition) is 5. The molecular formula is C18H23N5. The van der Waals surface area contributed by atoms with Gasteiger partial charge in [-0.2, -0.15) is 4.98 Å². The monoisotopic (exact) mass is 309 g/mol. The maximum atomic E-state index is 4.89. The maximum Gasteiger partial charge on any atom is 0.227 e. The molecule has 0 spiro atoms. The second kappa shape index (κ2) is 5.80. The van der Waals surface area contributed by atoms with Crippen LogP contribution in [0.3, 0.4) is 0 Å². The topological polar surface area (TPSA) is 45.2 Å². The van der Waals surface area contributed by atoms with E-state index in [1.165, 1.54) is 24.0 Å². The fraction of sp³-hybridized carbons (Fsp3) is 0.500. The first-order valence-corrected chi connectivity index (χ1v) is 8.47. The number of anilines is 2. The van der Waals surface area contributed by atoms with Crippen LogP contribution < -0.4 is 9.80 Å². The molecular weight excluding hydrogens is 286 g/mol. The minimum atomic E-state index is 0.564. The van der Waals surface area contributed by atoms with Crippen LogP contribution in [0, 0.1) is 13.8 Å². The second-order valence-corrected chi connectivity index (χ2v) is 6.64. The summed E-state index contributed by atoms with van der Waals surface area (Å²) in [5, 5.41) is 0. The second-order valence-electron chi connectivity index (χ2n) is 6.64. The van der Waals surface area contributed by atoms with Gasteiger partial charge in [-0.25, -0.2) is 4.98 Å². The Bertz CT molecular complexity index is 688. The van der Waals surface area contributed by atoms with E-state index in [4.69, 9.17) is 9.97 Å². The Morgan fingerprint density at radius 1 is 1.04 bits per heavy atom. The third-order valence-electron chi connectivity index (χ3n) is 5.08. The standard InChI is InChI=1S/C18H23N5/c1-13-14(2)20-18(22-8-3-4-9-22)21-17(13)23-11-16(12-23)15-6-5-7-19-10-15/h5-7,10,16H,3-4,8-9,11-12H2,1-2H3. The van der Waals surface area contributed by atoms with Crippen molar-refractivity contribution >= 4 is 11.8 Å². The summed E-state index contributed by atoms with van der Waals surface area (Å²) in [6.07, 6.45) is 6.31. The third-order valence-corrected chi connectivity index (χ3v) is 5.08. The molecule has 5 nitrogen and oxygen atoms in total. The van der Waals surface area contributed by atoms with Gasteiger partial charge in [-0.15, -0.1) is 0 Å². The molecule has 2 aromatic heterocycles. The van der Waals surface area contributed by atoms with Crippen molar-refractivity contribution < 1.29 is 0 Å². The van der Waals surface area contributed by atoms with Gasteiger partial charge in [-0.05, 0) is 38.3 Å². The largest absolute Gasteiger partial charge is 0.355 e. The maximum absolute atomic E-state index is 4.89. The van der Waals surface area contributed by atoms with Gasteiger partial charge in [0.25, 0.3) is 0 Å². The average Bonchev–Trinajstić information content (AvgIpc) is 3.05. The number of pyridine rings is 1. The van der Waals surface area contributed by atoms with E-state index < -0.39 is 0 Å². The normalized spacial score (nSPS) is 18.3. The lowest BCUT2D eigenvalue weighted by atomic mass is 9.92. The van der Waals surface area contributed by atoms with Gasteiger partial charge in [0.05, 0.1) is 0 Å². The molecule has 5 heteroatoms. The summed E-state index contributed by atoms with van der Waals surface area (Å²) in [5.41, 5.74) is 3.63. The Labute approximate surface area is 137 Å². The smallest absolute Gasteiger partial charge is 0.227 e. The molecule has 0 amide bonds. The quantitative estimate of drug-likeness (QED) is 0.872. The van der Waals surface area contributed by atoms with Gasteiger partial charge in [0.2, 0.25) is 5.95 Å². The molecule has 2 aliphatic heterocycles.